The van der Waals surface area contributed by atoms with Crippen LogP contribution in [-0.4, -0.2) is 21.5 Å². The first kappa shape index (κ1) is 23.6. The summed E-state index contributed by atoms with van der Waals surface area (Å²) < 4.78 is 0. The predicted octanol–water partition coefficient (Wildman–Crippen LogP) is 6.13. The second-order valence-corrected chi connectivity index (χ2v) is 9.92. The lowest BCUT2D eigenvalue weighted by atomic mass is 9.93. The van der Waals surface area contributed by atoms with Crippen LogP contribution in [0.2, 0.25) is 0 Å². The minimum absolute atomic E-state index is 0.0289. The van der Waals surface area contributed by atoms with Crippen LogP contribution in [0, 0.1) is 10.1 Å². The maximum Gasteiger partial charge on any atom is 0.269 e. The molecule has 1 spiro atoms. The van der Waals surface area contributed by atoms with Gasteiger partial charge in [-0.15, -0.1) is 0 Å². The van der Waals surface area contributed by atoms with Crippen LogP contribution < -0.4 is 10.0 Å². The highest BCUT2D eigenvalue weighted by Gasteiger charge is 2.55. The molecule has 0 saturated heterocycles. The van der Waals surface area contributed by atoms with Gasteiger partial charge in [0.1, 0.15) is 0 Å². The number of carbonyl (C=O) groups excluding carboxylic acids is 1. The maximum atomic E-state index is 12.7. The number of anilines is 2. The number of para-hydroxylation sites is 1. The summed E-state index contributed by atoms with van der Waals surface area (Å²) in [6, 6.07) is 33.8. The first-order chi connectivity index (χ1) is 18.5. The van der Waals surface area contributed by atoms with Gasteiger partial charge in [0.25, 0.3) is 5.69 Å². The molecule has 0 saturated carbocycles. The number of hydrazone groups is 2. The quantitative estimate of drug-likeness (QED) is 0.233. The van der Waals surface area contributed by atoms with E-state index in [2.05, 4.69) is 0 Å². The number of nitrogens with zero attached hydrogens (tertiary/aromatic N) is 5. The molecular formula is C29H21N5O3S. The fourth-order valence-corrected chi connectivity index (χ4v) is 5.96. The number of rotatable bonds is 5. The SMILES string of the molecule is CC(=O)C1=NN(c2ccc([N+](=O)[O-])cc2)[C@]2(S1)c1ccccc1C(c1ccccc1)=NN2c1ccccc1. The normalized spacial score (nSPS) is 18.1. The molecule has 1 atom stereocenters. The molecule has 0 aromatic heterocycles. The highest BCUT2D eigenvalue weighted by Crippen LogP contribution is 2.55. The Balaban J connectivity index is 1.64. The van der Waals surface area contributed by atoms with Crippen molar-refractivity contribution >= 4 is 45.4 Å². The van der Waals surface area contributed by atoms with E-state index in [1.54, 1.807) is 17.1 Å². The van der Waals surface area contributed by atoms with Crippen LogP contribution in [0.3, 0.4) is 0 Å². The van der Waals surface area contributed by atoms with Gasteiger partial charge in [-0.3, -0.25) is 14.9 Å². The molecule has 0 radical (unpaired) electrons. The zero-order valence-electron chi connectivity index (χ0n) is 20.3. The minimum atomic E-state index is -1.10. The average molecular weight is 520 g/mol. The lowest BCUT2D eigenvalue weighted by Crippen LogP contribution is -2.54. The van der Waals surface area contributed by atoms with Gasteiger partial charge in [0.2, 0.25) is 4.99 Å². The van der Waals surface area contributed by atoms with Gasteiger partial charge in [0.15, 0.2) is 10.8 Å². The van der Waals surface area contributed by atoms with Crippen molar-refractivity contribution in [1.29, 1.82) is 0 Å². The van der Waals surface area contributed by atoms with Crippen LogP contribution in [0.1, 0.15) is 23.6 Å². The van der Waals surface area contributed by atoms with Crippen molar-refractivity contribution in [3.63, 3.8) is 0 Å². The topological polar surface area (TPSA) is 91.4 Å². The largest absolute Gasteiger partial charge is 0.292 e. The summed E-state index contributed by atoms with van der Waals surface area (Å²) in [5.41, 5.74) is 4.90. The van der Waals surface area contributed by atoms with Crippen LogP contribution in [0.4, 0.5) is 17.1 Å². The van der Waals surface area contributed by atoms with E-state index in [9.17, 15) is 14.9 Å². The second kappa shape index (κ2) is 9.28. The number of nitro groups is 1. The van der Waals surface area contributed by atoms with Crippen molar-refractivity contribution in [2.75, 3.05) is 10.0 Å². The van der Waals surface area contributed by atoms with Crippen molar-refractivity contribution in [2.45, 2.75) is 11.9 Å². The van der Waals surface area contributed by atoms with Crippen LogP contribution in [0.5, 0.6) is 0 Å². The summed E-state index contributed by atoms with van der Waals surface area (Å²) in [5, 5.41) is 25.3. The molecule has 186 valence electrons. The molecule has 0 fully saturated rings. The number of carbonyl (C=O) groups is 1. The second-order valence-electron chi connectivity index (χ2n) is 8.76. The molecule has 9 heteroatoms. The van der Waals surface area contributed by atoms with Crippen molar-refractivity contribution in [2.24, 2.45) is 10.2 Å². The van der Waals surface area contributed by atoms with Gasteiger partial charge in [-0.2, -0.15) is 10.2 Å². The minimum Gasteiger partial charge on any atom is -0.292 e. The molecule has 0 N–H and O–H groups in total. The number of hydrogen-bond acceptors (Lipinski definition) is 8. The molecule has 4 aromatic carbocycles. The van der Waals surface area contributed by atoms with Crippen molar-refractivity contribution in [1.82, 2.24) is 0 Å². The summed E-state index contributed by atoms with van der Waals surface area (Å²) in [5.74, 6) is -0.179. The molecule has 4 aromatic rings. The van der Waals surface area contributed by atoms with Crippen molar-refractivity contribution < 1.29 is 9.72 Å². The third-order valence-corrected chi connectivity index (χ3v) is 7.80. The summed E-state index contributed by atoms with van der Waals surface area (Å²) in [7, 11) is 0. The number of ketones is 1. The third-order valence-electron chi connectivity index (χ3n) is 6.39. The maximum absolute atomic E-state index is 12.7. The van der Waals surface area contributed by atoms with Crippen LogP contribution in [0.15, 0.2) is 119 Å². The third kappa shape index (κ3) is 3.75. The van der Waals surface area contributed by atoms with Gasteiger partial charge >= 0.3 is 0 Å². The van der Waals surface area contributed by atoms with Gasteiger partial charge in [0, 0.05) is 35.7 Å². The van der Waals surface area contributed by atoms with Crippen molar-refractivity contribution in [3.05, 3.63) is 136 Å². The number of benzene rings is 4. The molecule has 6 rings (SSSR count). The predicted molar refractivity (Wildman–Crippen MR) is 150 cm³/mol. The van der Waals surface area contributed by atoms with Gasteiger partial charge in [-0.25, -0.2) is 10.0 Å². The van der Waals surface area contributed by atoms with Gasteiger partial charge in [-0.05, 0) is 36.0 Å². The standard InChI is InChI=1S/C29H21N5O3S/c1-20(35)28-31-33(23-16-18-24(19-17-23)34(36)37)29(38-28)26-15-9-8-14-25(26)27(21-10-4-2-5-11-21)30-32(29)22-12-6-3-7-13-22/h2-19H,1H3/t29-/m0/s1. The van der Waals surface area contributed by atoms with Gasteiger partial charge in [0.05, 0.1) is 22.0 Å². The number of hydrogen-bond donors (Lipinski definition) is 0. The smallest absolute Gasteiger partial charge is 0.269 e. The molecule has 0 aliphatic carbocycles. The number of non-ortho nitro benzene ring substituents is 1. The molecular weight excluding hydrogens is 498 g/mol. The van der Waals surface area contributed by atoms with E-state index in [-0.39, 0.29) is 11.5 Å². The first-order valence-electron chi connectivity index (χ1n) is 11.9. The Morgan fingerprint density at radius 1 is 0.789 bits per heavy atom. The van der Waals surface area contributed by atoms with E-state index < -0.39 is 9.92 Å². The van der Waals surface area contributed by atoms with Gasteiger partial charge < -0.3 is 0 Å². The Bertz CT molecular complexity index is 1610. The van der Waals surface area contributed by atoms with Crippen LogP contribution in [-0.2, 0) is 9.79 Å². The van der Waals surface area contributed by atoms with Crippen LogP contribution >= 0.6 is 11.8 Å². The Morgan fingerprint density at radius 2 is 1.37 bits per heavy atom. The Labute approximate surface area is 223 Å². The number of thioether (sulfide) groups is 1. The molecule has 2 heterocycles. The molecule has 2 aliphatic rings. The van der Waals surface area contributed by atoms with E-state index in [4.69, 9.17) is 10.2 Å². The summed E-state index contributed by atoms with van der Waals surface area (Å²) >= 11 is 1.31. The fourth-order valence-electron chi connectivity index (χ4n) is 4.67. The van der Waals surface area contributed by atoms with E-state index in [0.717, 1.165) is 28.1 Å². The Kier molecular flexibility index (Phi) is 5.77. The molecule has 2 aliphatic heterocycles. The molecule has 0 unspecified atom stereocenters. The number of fused-ring (bicyclic) bond motifs is 2. The molecule has 0 bridgehead atoms. The number of nitro benzene ring substituents is 1. The Hall–Kier alpha value is -4.76. The molecule has 38 heavy (non-hydrogen) atoms. The zero-order valence-corrected chi connectivity index (χ0v) is 21.1. The highest BCUT2D eigenvalue weighted by molar-refractivity contribution is 8.17. The fraction of sp³-hybridized carbons (Fsp3) is 0.0690. The number of Topliss-reactive ketones (excluding diaryl/α,β-unsaturated/α-hetero) is 1. The lowest BCUT2D eigenvalue weighted by Gasteiger charge is -2.47. The summed E-state index contributed by atoms with van der Waals surface area (Å²) in [6.07, 6.45) is 0. The zero-order chi connectivity index (χ0) is 26.3. The highest BCUT2D eigenvalue weighted by atomic mass is 32.2. The first-order valence-corrected chi connectivity index (χ1v) is 12.7. The molecule has 8 nitrogen and oxygen atoms in total. The van der Waals surface area contributed by atoms with Crippen LogP contribution in [0.25, 0.3) is 0 Å². The van der Waals surface area contributed by atoms with E-state index in [1.807, 2.05) is 89.9 Å². The lowest BCUT2D eigenvalue weighted by molar-refractivity contribution is -0.384. The summed E-state index contributed by atoms with van der Waals surface area (Å²) in [6.45, 7) is 1.49. The van der Waals surface area contributed by atoms with Gasteiger partial charge in [-0.1, -0.05) is 72.8 Å². The van der Waals surface area contributed by atoms with E-state index in [1.165, 1.54) is 30.8 Å². The Morgan fingerprint density at radius 3 is 2.03 bits per heavy atom. The van der Waals surface area contributed by atoms with E-state index >= 15 is 0 Å². The van der Waals surface area contributed by atoms with Crippen molar-refractivity contribution in [3.8, 4) is 0 Å². The monoisotopic (exact) mass is 519 g/mol. The summed E-state index contributed by atoms with van der Waals surface area (Å²) in [4.78, 5) is 22.5. The molecule has 0 amide bonds. The average Bonchev–Trinajstić information content (AvgIpc) is 3.36. The van der Waals surface area contributed by atoms with E-state index in [0.29, 0.717) is 10.7 Å².